The second-order valence-electron chi connectivity index (χ2n) is 7.74. The van der Waals surface area contributed by atoms with Gasteiger partial charge in [-0.15, -0.1) is 0 Å². The molecule has 0 radical (unpaired) electrons. The summed E-state index contributed by atoms with van der Waals surface area (Å²) in [6, 6.07) is 8.38. The Balaban J connectivity index is 1.64. The van der Waals surface area contributed by atoms with E-state index in [4.69, 9.17) is 17.0 Å². The number of hydrogen-bond donors (Lipinski definition) is 1. The number of carbonyl (C=O) groups is 1. The van der Waals surface area contributed by atoms with Gasteiger partial charge in [-0.2, -0.15) is 0 Å². The molecular formula is C22H28N4O2S. The first-order valence-electron chi connectivity index (χ1n) is 10.5. The van der Waals surface area contributed by atoms with Crippen LogP contribution in [0.2, 0.25) is 0 Å². The van der Waals surface area contributed by atoms with Crippen LogP contribution in [0.4, 0.5) is 0 Å². The van der Waals surface area contributed by atoms with Gasteiger partial charge in [0.15, 0.2) is 5.11 Å². The molecule has 1 aliphatic heterocycles. The molecule has 0 spiro atoms. The number of carbonyl (C=O) groups excluding carboxylic acids is 1. The minimum atomic E-state index is -0.268. The van der Waals surface area contributed by atoms with Gasteiger partial charge in [0.1, 0.15) is 6.54 Å². The van der Waals surface area contributed by atoms with Gasteiger partial charge in [0, 0.05) is 24.6 Å². The Bertz CT molecular complexity index is 848. The zero-order valence-corrected chi connectivity index (χ0v) is 17.6. The number of pyridine rings is 1. The van der Waals surface area contributed by atoms with E-state index in [9.17, 15) is 4.79 Å². The summed E-state index contributed by atoms with van der Waals surface area (Å²) < 4.78 is 7.53. The number of thiocarbonyl (C=S) groups is 1. The van der Waals surface area contributed by atoms with Crippen LogP contribution in [0.5, 0.6) is 0 Å². The lowest BCUT2D eigenvalue weighted by Gasteiger charge is -2.27. The second kappa shape index (κ2) is 8.95. The Hall–Kier alpha value is -2.41. The van der Waals surface area contributed by atoms with Crippen LogP contribution < -0.4 is 5.32 Å². The van der Waals surface area contributed by atoms with E-state index in [2.05, 4.69) is 33.3 Å². The second-order valence-corrected chi connectivity index (χ2v) is 8.13. The van der Waals surface area contributed by atoms with Crippen molar-refractivity contribution in [2.45, 2.75) is 57.2 Å². The average molecular weight is 413 g/mol. The van der Waals surface area contributed by atoms with Crippen molar-refractivity contribution < 1.29 is 9.53 Å². The molecule has 1 N–H and O–H groups in total. The summed E-state index contributed by atoms with van der Waals surface area (Å²) in [7, 11) is 0. The highest BCUT2D eigenvalue weighted by Crippen LogP contribution is 2.39. The van der Waals surface area contributed by atoms with Crippen LogP contribution in [-0.4, -0.2) is 38.7 Å². The lowest BCUT2D eigenvalue weighted by molar-refractivity contribution is -0.143. The first-order valence-corrected chi connectivity index (χ1v) is 10.9. The van der Waals surface area contributed by atoms with Crippen molar-refractivity contribution in [2.24, 2.45) is 0 Å². The van der Waals surface area contributed by atoms with Gasteiger partial charge in [-0.25, -0.2) is 0 Å². The van der Waals surface area contributed by atoms with Crippen molar-refractivity contribution in [3.63, 3.8) is 0 Å². The van der Waals surface area contributed by atoms with Gasteiger partial charge in [-0.1, -0.05) is 25.3 Å². The molecule has 4 rings (SSSR count). The summed E-state index contributed by atoms with van der Waals surface area (Å²) in [4.78, 5) is 18.7. The van der Waals surface area contributed by atoms with E-state index in [0.717, 1.165) is 11.3 Å². The first-order chi connectivity index (χ1) is 14.2. The third-order valence-corrected chi connectivity index (χ3v) is 6.23. The van der Waals surface area contributed by atoms with E-state index in [1.54, 1.807) is 6.20 Å². The molecule has 2 aromatic heterocycles. The summed E-state index contributed by atoms with van der Waals surface area (Å²) in [5.74, 6) is -0.268. The fourth-order valence-electron chi connectivity index (χ4n) is 4.50. The molecule has 0 aromatic carbocycles. The molecule has 0 amide bonds. The molecule has 6 nitrogen and oxygen atoms in total. The Morgan fingerprint density at radius 3 is 2.83 bits per heavy atom. The van der Waals surface area contributed by atoms with Gasteiger partial charge in [0.25, 0.3) is 0 Å². The summed E-state index contributed by atoms with van der Waals surface area (Å²) in [6.45, 7) is 2.30. The van der Waals surface area contributed by atoms with Gasteiger partial charge in [-0.3, -0.25) is 9.78 Å². The maximum Gasteiger partial charge on any atom is 0.325 e. The topological polar surface area (TPSA) is 59.4 Å². The van der Waals surface area contributed by atoms with E-state index in [0.29, 0.717) is 17.8 Å². The first kappa shape index (κ1) is 19.9. The monoisotopic (exact) mass is 412 g/mol. The average Bonchev–Trinajstić information content (AvgIpc) is 3.35. The number of nitrogens with one attached hydrogen (secondary N) is 1. The van der Waals surface area contributed by atoms with Gasteiger partial charge >= 0.3 is 5.97 Å². The van der Waals surface area contributed by atoms with Gasteiger partial charge < -0.3 is 19.5 Å². The van der Waals surface area contributed by atoms with Crippen LogP contribution in [0, 0.1) is 0 Å². The summed E-state index contributed by atoms with van der Waals surface area (Å²) in [6.07, 6.45) is 12.6. The third-order valence-electron chi connectivity index (χ3n) is 5.88. The van der Waals surface area contributed by atoms with E-state index in [1.807, 2.05) is 30.0 Å². The predicted molar refractivity (Wildman–Crippen MR) is 115 cm³/mol. The van der Waals surface area contributed by atoms with Crippen LogP contribution in [-0.2, 0) is 9.53 Å². The molecule has 2 aliphatic rings. The maximum absolute atomic E-state index is 12.2. The van der Waals surface area contributed by atoms with E-state index < -0.39 is 0 Å². The minimum Gasteiger partial charge on any atom is -0.465 e. The number of nitrogens with zero attached hydrogens (tertiary/aromatic N) is 3. The van der Waals surface area contributed by atoms with Crippen molar-refractivity contribution >= 4 is 23.3 Å². The summed E-state index contributed by atoms with van der Waals surface area (Å²) >= 11 is 5.60. The van der Waals surface area contributed by atoms with Crippen LogP contribution in [0.1, 0.15) is 68.4 Å². The zero-order chi connectivity index (χ0) is 20.2. The molecule has 7 heteroatoms. The molecule has 2 fully saturated rings. The maximum atomic E-state index is 12.2. The van der Waals surface area contributed by atoms with Crippen molar-refractivity contribution in [3.05, 3.63) is 54.1 Å². The Kier molecular flexibility index (Phi) is 6.13. The largest absolute Gasteiger partial charge is 0.465 e. The lowest BCUT2D eigenvalue weighted by Crippen LogP contribution is -2.35. The number of aromatic nitrogens is 2. The van der Waals surface area contributed by atoms with Gasteiger partial charge in [0.05, 0.1) is 24.4 Å². The Labute approximate surface area is 177 Å². The SMILES string of the molecule is CCOC(=O)CN1C(=S)N[C@H](c2ccccn2)[C@H]1c1ccn(C2CCCCC2)c1. The van der Waals surface area contributed by atoms with Crippen molar-refractivity contribution in [1.82, 2.24) is 19.8 Å². The van der Waals surface area contributed by atoms with Crippen LogP contribution in [0.25, 0.3) is 0 Å². The third kappa shape index (κ3) is 4.29. The molecule has 29 heavy (non-hydrogen) atoms. The quantitative estimate of drug-likeness (QED) is 0.573. The number of hydrogen-bond acceptors (Lipinski definition) is 4. The number of esters is 1. The van der Waals surface area contributed by atoms with E-state index in [1.165, 1.54) is 32.1 Å². The lowest BCUT2D eigenvalue weighted by atomic mass is 9.95. The number of ether oxygens (including phenoxy) is 1. The Morgan fingerprint density at radius 1 is 1.28 bits per heavy atom. The molecule has 154 valence electrons. The van der Waals surface area contributed by atoms with Crippen molar-refractivity contribution in [1.29, 1.82) is 0 Å². The molecule has 0 unspecified atom stereocenters. The van der Waals surface area contributed by atoms with Gasteiger partial charge in [-0.05, 0) is 55.7 Å². The van der Waals surface area contributed by atoms with Crippen LogP contribution in [0.3, 0.4) is 0 Å². The highest BCUT2D eigenvalue weighted by atomic mass is 32.1. The zero-order valence-electron chi connectivity index (χ0n) is 16.8. The fourth-order valence-corrected chi connectivity index (χ4v) is 4.80. The predicted octanol–water partition coefficient (Wildman–Crippen LogP) is 3.92. The van der Waals surface area contributed by atoms with Crippen molar-refractivity contribution in [2.75, 3.05) is 13.2 Å². The standard InChI is InChI=1S/C22H28N4O2S/c1-2-28-19(27)15-26-21(20(24-22(26)29)18-10-6-7-12-23-18)16-11-13-25(14-16)17-8-4-3-5-9-17/h6-7,10-14,17,20-21H,2-5,8-9,15H2,1H3,(H,24,29)/t20-,21-/m1/s1. The minimum absolute atomic E-state index is 0.105. The number of rotatable bonds is 6. The van der Waals surface area contributed by atoms with Crippen molar-refractivity contribution in [3.8, 4) is 0 Å². The fraction of sp³-hybridized carbons (Fsp3) is 0.500. The molecule has 2 aromatic rings. The summed E-state index contributed by atoms with van der Waals surface area (Å²) in [5.41, 5.74) is 2.06. The molecule has 1 saturated heterocycles. The van der Waals surface area contributed by atoms with Crippen LogP contribution >= 0.6 is 12.2 Å². The Morgan fingerprint density at radius 2 is 2.10 bits per heavy atom. The summed E-state index contributed by atoms with van der Waals surface area (Å²) in [5, 5.41) is 3.94. The van der Waals surface area contributed by atoms with Crippen LogP contribution in [0.15, 0.2) is 42.9 Å². The highest BCUT2D eigenvalue weighted by Gasteiger charge is 2.41. The van der Waals surface area contributed by atoms with E-state index >= 15 is 0 Å². The normalized spacial score (nSPS) is 22.5. The molecule has 1 saturated carbocycles. The molecule has 1 aliphatic carbocycles. The molecule has 2 atom stereocenters. The van der Waals surface area contributed by atoms with E-state index in [-0.39, 0.29) is 24.6 Å². The molecule has 0 bridgehead atoms. The smallest absolute Gasteiger partial charge is 0.325 e. The van der Waals surface area contributed by atoms with Gasteiger partial charge in [0.2, 0.25) is 0 Å². The molecule has 3 heterocycles. The molecular weight excluding hydrogens is 384 g/mol. The highest BCUT2D eigenvalue weighted by molar-refractivity contribution is 7.80.